The number of halogens is 2. The summed E-state index contributed by atoms with van der Waals surface area (Å²) in [5.41, 5.74) is 7.76. The van der Waals surface area contributed by atoms with Gasteiger partial charge in [0.15, 0.2) is 0 Å². The number of fused-ring (bicyclic) bond motifs is 2. The van der Waals surface area contributed by atoms with Gasteiger partial charge in [-0.3, -0.25) is 0 Å². The van der Waals surface area contributed by atoms with E-state index in [-0.39, 0.29) is 50.7 Å². The fourth-order valence-corrected chi connectivity index (χ4v) is 6.69. The van der Waals surface area contributed by atoms with Crippen molar-refractivity contribution in [3.05, 3.63) is 158 Å². The van der Waals surface area contributed by atoms with Crippen molar-refractivity contribution in [2.75, 3.05) is 0 Å². The molecule has 0 saturated heterocycles. The van der Waals surface area contributed by atoms with Crippen LogP contribution in [0.4, 0.5) is 0 Å². The van der Waals surface area contributed by atoms with Gasteiger partial charge >= 0.3 is 0 Å². The van der Waals surface area contributed by atoms with Crippen molar-refractivity contribution in [3.8, 4) is 0 Å². The third-order valence-electron chi connectivity index (χ3n) is 7.14. The Labute approximate surface area is 257 Å². The van der Waals surface area contributed by atoms with E-state index in [1.165, 1.54) is 54.3 Å². The molecule has 4 aromatic rings. The quantitative estimate of drug-likeness (QED) is 0.192. The molecule has 0 heterocycles. The first-order chi connectivity index (χ1) is 17.0. The van der Waals surface area contributed by atoms with E-state index >= 15 is 0 Å². The summed E-state index contributed by atoms with van der Waals surface area (Å²) in [6.45, 7) is 7.32. The van der Waals surface area contributed by atoms with E-state index in [9.17, 15) is 0 Å². The van der Waals surface area contributed by atoms with Crippen LogP contribution in [-0.2, 0) is 25.8 Å². The van der Waals surface area contributed by atoms with Gasteiger partial charge in [-0.1, -0.05) is 139 Å². The van der Waals surface area contributed by atoms with Crippen LogP contribution in [0.2, 0.25) is 19.6 Å². The molecule has 190 valence electrons. The topological polar surface area (TPSA) is 0 Å². The average molecular weight is 715 g/mol. The molecule has 2 aliphatic carbocycles. The van der Waals surface area contributed by atoms with Crippen molar-refractivity contribution in [2.24, 2.45) is 0 Å². The summed E-state index contributed by atoms with van der Waals surface area (Å²) in [6, 6.07) is 35.0. The maximum atomic E-state index is 3.81. The molecule has 4 aromatic carbocycles. The zero-order chi connectivity index (χ0) is 24.0. The Morgan fingerprint density at radius 3 is 1.84 bits per heavy atom. The minimum atomic E-state index is -1.40. The SMILES string of the molecule is C[Si](C)(C)C1=CCC(c2c3c(ccc2=C(c2ccccc2)c2ccccc2)=c2ccccc2=[C-]3)=C1.[Cl-].[Cl-].[Hf]. The predicted molar refractivity (Wildman–Crippen MR) is 151 cm³/mol. The second-order valence-electron chi connectivity index (χ2n) is 10.5. The first-order valence-electron chi connectivity index (χ1n) is 12.4. The smallest absolute Gasteiger partial charge is 0.0771 e. The average Bonchev–Trinajstić information content (AvgIpc) is 3.51. The fraction of sp³-hybridized carbons (Fsp3) is 0.118. The predicted octanol–water partition coefficient (Wildman–Crippen LogP) is 0.836. The molecule has 0 bridgehead atoms. The van der Waals surface area contributed by atoms with E-state index in [2.05, 4.69) is 135 Å². The van der Waals surface area contributed by atoms with Crippen molar-refractivity contribution >= 4 is 25.3 Å². The van der Waals surface area contributed by atoms with E-state index in [1.54, 1.807) is 5.20 Å². The van der Waals surface area contributed by atoms with Crippen LogP contribution in [0.15, 0.2) is 114 Å². The molecule has 0 atom stereocenters. The second kappa shape index (κ2) is 12.3. The Morgan fingerprint density at radius 1 is 0.684 bits per heavy atom. The second-order valence-corrected chi connectivity index (χ2v) is 15.5. The third kappa shape index (κ3) is 5.56. The van der Waals surface area contributed by atoms with Gasteiger partial charge in [0.2, 0.25) is 0 Å². The Bertz CT molecular complexity index is 1690. The van der Waals surface area contributed by atoms with Crippen molar-refractivity contribution in [1.29, 1.82) is 0 Å². The molecule has 0 amide bonds. The van der Waals surface area contributed by atoms with Gasteiger partial charge in [0, 0.05) is 25.8 Å². The summed E-state index contributed by atoms with van der Waals surface area (Å²) in [5, 5.41) is 6.61. The van der Waals surface area contributed by atoms with Gasteiger partial charge in [0.05, 0.1) is 8.07 Å². The maximum Gasteiger partial charge on any atom is 0.0771 e. The maximum absolute atomic E-state index is 3.81. The molecule has 38 heavy (non-hydrogen) atoms. The normalized spacial score (nSPS) is 12.9. The monoisotopic (exact) mass is 715 g/mol. The van der Waals surface area contributed by atoms with Crippen molar-refractivity contribution in [1.82, 2.24) is 0 Å². The van der Waals surface area contributed by atoms with Gasteiger partial charge in [-0.05, 0) is 28.3 Å². The Morgan fingerprint density at radius 2 is 1.26 bits per heavy atom. The van der Waals surface area contributed by atoms with Crippen LogP contribution in [-0.4, -0.2) is 8.07 Å². The summed E-state index contributed by atoms with van der Waals surface area (Å²) in [4.78, 5) is 0. The molecular formula is C34H29Cl2HfSi-3. The standard InChI is InChI=1S/C34H29Si.2ClH.Hf/c1-35(2,3)28-19-18-27(22-28)34-31(21-20-30-29-17-11-10-16-26(29)23-32(30)34)33(24-12-6-4-7-13-24)25-14-8-5-9-15-25;;;/h4-17,19-22H,18H2,1-3H3;2*1H;/q-1;;;/p-2. The van der Waals surface area contributed by atoms with Gasteiger partial charge in [-0.15, -0.1) is 33.4 Å². The van der Waals surface area contributed by atoms with E-state index in [0.29, 0.717) is 0 Å². The van der Waals surface area contributed by atoms with Gasteiger partial charge in [0.25, 0.3) is 0 Å². The van der Waals surface area contributed by atoms with E-state index in [4.69, 9.17) is 0 Å². The molecule has 0 radical (unpaired) electrons. The number of hydrogen-bond donors (Lipinski definition) is 0. The first-order valence-corrected chi connectivity index (χ1v) is 15.9. The molecule has 0 fully saturated rings. The van der Waals surface area contributed by atoms with E-state index in [0.717, 1.165) is 6.42 Å². The van der Waals surface area contributed by atoms with Gasteiger partial charge in [0.1, 0.15) is 0 Å². The van der Waals surface area contributed by atoms with Gasteiger partial charge < -0.3 is 24.8 Å². The van der Waals surface area contributed by atoms with Crippen LogP contribution in [0.5, 0.6) is 0 Å². The number of benzene rings is 4. The summed E-state index contributed by atoms with van der Waals surface area (Å²) in [6.07, 6.45) is 9.75. The van der Waals surface area contributed by atoms with Gasteiger partial charge in [-0.25, -0.2) is 0 Å². The molecule has 0 aromatic heterocycles. The van der Waals surface area contributed by atoms with Crippen molar-refractivity contribution in [2.45, 2.75) is 26.1 Å². The van der Waals surface area contributed by atoms with Crippen molar-refractivity contribution < 1.29 is 50.7 Å². The van der Waals surface area contributed by atoms with E-state index < -0.39 is 8.07 Å². The van der Waals surface area contributed by atoms with Crippen LogP contribution in [0.25, 0.3) is 17.2 Å². The minimum absolute atomic E-state index is 0. The third-order valence-corrected chi connectivity index (χ3v) is 9.22. The zero-order valence-electron chi connectivity index (χ0n) is 21.9. The summed E-state index contributed by atoms with van der Waals surface area (Å²) in [7, 11) is -1.40. The van der Waals surface area contributed by atoms with Crippen LogP contribution in [0.3, 0.4) is 0 Å². The minimum Gasteiger partial charge on any atom is -1.00 e. The van der Waals surface area contributed by atoms with Crippen LogP contribution in [0.1, 0.15) is 28.7 Å². The zero-order valence-corrected chi connectivity index (χ0v) is 28.0. The molecule has 0 N–H and O–H groups in total. The summed E-state index contributed by atoms with van der Waals surface area (Å²) < 4.78 is 0. The first kappa shape index (κ1) is 30.3. The van der Waals surface area contributed by atoms with Crippen LogP contribution >= 0.6 is 0 Å². The largest absolute Gasteiger partial charge is 1.00 e. The molecule has 0 aliphatic heterocycles. The molecule has 0 saturated carbocycles. The number of allylic oxidation sites excluding steroid dienone is 4. The molecule has 0 unspecified atom stereocenters. The molecule has 0 nitrogen and oxygen atoms in total. The molecule has 0 spiro atoms. The number of rotatable bonds is 4. The summed E-state index contributed by atoms with van der Waals surface area (Å²) >= 11 is 0. The van der Waals surface area contributed by atoms with Crippen LogP contribution in [0, 0.1) is 10.4 Å². The Hall–Kier alpha value is -2.23. The van der Waals surface area contributed by atoms with E-state index in [1.807, 2.05) is 0 Å². The molecular weight excluding hydrogens is 686 g/mol. The summed E-state index contributed by atoms with van der Waals surface area (Å²) in [5.74, 6) is 0. The van der Waals surface area contributed by atoms with Gasteiger partial charge in [-0.2, -0.15) is 0 Å². The Balaban J connectivity index is 0.00000133. The van der Waals surface area contributed by atoms with Crippen LogP contribution < -0.4 is 35.3 Å². The van der Waals surface area contributed by atoms with Crippen molar-refractivity contribution in [3.63, 3.8) is 0 Å². The molecule has 6 rings (SSSR count). The molecule has 4 heteroatoms. The fourth-order valence-electron chi connectivity index (χ4n) is 5.37. The Kier molecular flexibility index (Phi) is 9.81. The number of hydrogen-bond acceptors (Lipinski definition) is 0. The molecule has 2 aliphatic rings.